The number of hydroxylamine groups is 1. The zero-order chi connectivity index (χ0) is 27.3. The fraction of sp³-hybridized carbons (Fsp3) is 0.143. The predicted molar refractivity (Wildman–Crippen MR) is 142 cm³/mol. The van der Waals surface area contributed by atoms with Crippen molar-refractivity contribution in [2.45, 2.75) is 23.4 Å². The first-order chi connectivity index (χ1) is 18.3. The molecule has 0 atom stereocenters. The van der Waals surface area contributed by atoms with E-state index in [0.29, 0.717) is 22.7 Å². The van der Waals surface area contributed by atoms with Crippen LogP contribution in [0.5, 0.6) is 11.5 Å². The lowest BCUT2D eigenvalue weighted by atomic mass is 10.0. The van der Waals surface area contributed by atoms with Gasteiger partial charge in [0, 0.05) is 29.9 Å². The largest absolute Gasteiger partial charge is 0.497 e. The number of anilines is 1. The number of nitrogens with zero attached hydrogens (tertiary/aromatic N) is 1. The van der Waals surface area contributed by atoms with Crippen molar-refractivity contribution in [3.05, 3.63) is 95.7 Å². The molecule has 0 radical (unpaired) electrons. The number of aromatic nitrogens is 1. The molecule has 3 N–H and O–H groups in total. The Balaban J connectivity index is 1.64. The molecule has 3 aromatic carbocycles. The Morgan fingerprint density at radius 3 is 2.42 bits per heavy atom. The minimum absolute atomic E-state index is 0.0834. The van der Waals surface area contributed by atoms with Gasteiger partial charge in [-0.05, 0) is 54.4 Å². The van der Waals surface area contributed by atoms with Crippen LogP contribution in [0.25, 0.3) is 11.1 Å². The first-order valence-electron chi connectivity index (χ1n) is 11.6. The van der Waals surface area contributed by atoms with E-state index in [9.17, 15) is 13.2 Å². The van der Waals surface area contributed by atoms with Gasteiger partial charge < -0.3 is 14.8 Å². The average Bonchev–Trinajstić information content (AvgIpc) is 2.95. The van der Waals surface area contributed by atoms with Gasteiger partial charge in [0.25, 0.3) is 5.91 Å². The van der Waals surface area contributed by atoms with Crippen LogP contribution >= 0.6 is 0 Å². The molecule has 9 nitrogen and oxygen atoms in total. The first kappa shape index (κ1) is 26.6. The van der Waals surface area contributed by atoms with Gasteiger partial charge in [0.05, 0.1) is 30.4 Å². The number of hydrogen-bond donors (Lipinski definition) is 3. The molecule has 38 heavy (non-hydrogen) atoms. The number of hydrogen-bond acceptors (Lipinski definition) is 8. The summed E-state index contributed by atoms with van der Waals surface area (Å²) in [5, 5.41) is 12.1. The van der Waals surface area contributed by atoms with Gasteiger partial charge in [-0.3, -0.25) is 10.0 Å². The number of benzene rings is 3. The van der Waals surface area contributed by atoms with Crippen LogP contribution in [0, 0.1) is 6.92 Å². The third-order valence-electron chi connectivity index (χ3n) is 6.06. The second-order valence-electron chi connectivity index (χ2n) is 8.35. The number of para-hydroxylation sites is 1. The SMILES string of the molecule is COc1ccc(-c2ccc(S(=O)(=O)c3ncccc3CNc3c(C)cccc3C(=O)NO)cc2)c(OC)c1. The van der Waals surface area contributed by atoms with E-state index in [-0.39, 0.29) is 22.0 Å². The zero-order valence-corrected chi connectivity index (χ0v) is 21.9. The fourth-order valence-electron chi connectivity index (χ4n) is 4.10. The fourth-order valence-corrected chi connectivity index (χ4v) is 5.50. The normalized spacial score (nSPS) is 11.1. The van der Waals surface area contributed by atoms with Crippen molar-refractivity contribution in [3.63, 3.8) is 0 Å². The van der Waals surface area contributed by atoms with Gasteiger partial charge in [-0.15, -0.1) is 0 Å². The van der Waals surface area contributed by atoms with Crippen LogP contribution in [-0.4, -0.2) is 38.7 Å². The quantitative estimate of drug-likeness (QED) is 0.210. The number of carbonyl (C=O) groups excluding carboxylic acids is 1. The molecule has 0 unspecified atom stereocenters. The second-order valence-corrected chi connectivity index (χ2v) is 10.2. The van der Waals surface area contributed by atoms with Gasteiger partial charge in [0.15, 0.2) is 5.03 Å². The average molecular weight is 534 g/mol. The minimum Gasteiger partial charge on any atom is -0.497 e. The number of nitrogens with one attached hydrogen (secondary N) is 2. The molecule has 4 rings (SSSR count). The van der Waals surface area contributed by atoms with E-state index in [1.54, 1.807) is 81.2 Å². The summed E-state index contributed by atoms with van der Waals surface area (Å²) in [5.41, 5.74) is 5.08. The minimum atomic E-state index is -3.96. The summed E-state index contributed by atoms with van der Waals surface area (Å²) in [6.45, 7) is 1.89. The maximum absolute atomic E-state index is 13.6. The Kier molecular flexibility index (Phi) is 7.94. The third-order valence-corrected chi connectivity index (χ3v) is 7.83. The molecule has 0 saturated carbocycles. The van der Waals surface area contributed by atoms with E-state index >= 15 is 0 Å². The Hall–Kier alpha value is -4.41. The second kappa shape index (κ2) is 11.3. The van der Waals surface area contributed by atoms with Gasteiger partial charge in [0.2, 0.25) is 9.84 Å². The molecule has 0 spiro atoms. The zero-order valence-electron chi connectivity index (χ0n) is 21.1. The van der Waals surface area contributed by atoms with E-state index in [0.717, 1.165) is 16.7 Å². The molecular weight excluding hydrogens is 506 g/mol. The first-order valence-corrected chi connectivity index (χ1v) is 13.1. The molecule has 0 saturated heterocycles. The van der Waals surface area contributed by atoms with Crippen molar-refractivity contribution in [1.29, 1.82) is 0 Å². The molecule has 1 aromatic heterocycles. The summed E-state index contributed by atoms with van der Waals surface area (Å²) in [5.74, 6) is 0.572. The summed E-state index contributed by atoms with van der Waals surface area (Å²) in [6.07, 6.45) is 1.42. The standard InChI is InChI=1S/C28H27N3O6S/c1-18-6-4-8-24(27(32)31-33)26(18)30-17-20-7-5-15-29-28(20)38(34,35)22-12-9-19(10-13-22)23-14-11-21(36-2)16-25(23)37-3/h4-16,30,33H,17H2,1-3H3,(H,31,32). The molecule has 0 aliphatic carbocycles. The van der Waals surface area contributed by atoms with Gasteiger partial charge in [0.1, 0.15) is 11.5 Å². The van der Waals surface area contributed by atoms with Gasteiger partial charge in [-0.2, -0.15) is 0 Å². The van der Waals surface area contributed by atoms with Crippen LogP contribution in [0.4, 0.5) is 5.69 Å². The molecule has 196 valence electrons. The summed E-state index contributed by atoms with van der Waals surface area (Å²) in [4.78, 5) is 16.4. The maximum Gasteiger partial charge on any atom is 0.276 e. The molecule has 0 bridgehead atoms. The van der Waals surface area contributed by atoms with Crippen LogP contribution in [0.15, 0.2) is 88.9 Å². The van der Waals surface area contributed by atoms with Crippen LogP contribution in [0.3, 0.4) is 0 Å². The summed E-state index contributed by atoms with van der Waals surface area (Å²) in [7, 11) is -0.832. The van der Waals surface area contributed by atoms with E-state index < -0.39 is 15.7 Å². The maximum atomic E-state index is 13.6. The summed E-state index contributed by atoms with van der Waals surface area (Å²) < 4.78 is 37.9. The van der Waals surface area contributed by atoms with E-state index in [1.165, 1.54) is 18.3 Å². The van der Waals surface area contributed by atoms with Crippen molar-refractivity contribution in [1.82, 2.24) is 10.5 Å². The van der Waals surface area contributed by atoms with Crippen LogP contribution in [0.2, 0.25) is 0 Å². The Labute approximate surface area is 221 Å². The lowest BCUT2D eigenvalue weighted by Crippen LogP contribution is -2.21. The van der Waals surface area contributed by atoms with Crippen molar-refractivity contribution >= 4 is 21.4 Å². The van der Waals surface area contributed by atoms with Crippen molar-refractivity contribution in [3.8, 4) is 22.6 Å². The molecule has 10 heteroatoms. The lowest BCUT2D eigenvalue weighted by Gasteiger charge is -2.16. The highest BCUT2D eigenvalue weighted by molar-refractivity contribution is 7.91. The number of rotatable bonds is 9. The number of methoxy groups -OCH3 is 2. The van der Waals surface area contributed by atoms with Gasteiger partial charge in [-0.25, -0.2) is 18.9 Å². The monoisotopic (exact) mass is 533 g/mol. The van der Waals surface area contributed by atoms with Crippen molar-refractivity contribution in [2.24, 2.45) is 0 Å². The molecule has 1 heterocycles. The molecule has 4 aromatic rings. The van der Waals surface area contributed by atoms with E-state index in [2.05, 4.69) is 10.3 Å². The highest BCUT2D eigenvalue weighted by Gasteiger charge is 2.23. The number of aryl methyl sites for hydroxylation is 1. The van der Waals surface area contributed by atoms with Crippen LogP contribution in [0.1, 0.15) is 21.5 Å². The highest BCUT2D eigenvalue weighted by atomic mass is 32.2. The molecule has 0 fully saturated rings. The number of ether oxygens (including phenoxy) is 2. The van der Waals surface area contributed by atoms with E-state index in [4.69, 9.17) is 14.7 Å². The number of pyridine rings is 1. The van der Waals surface area contributed by atoms with Gasteiger partial charge >= 0.3 is 0 Å². The molecule has 1 amide bonds. The highest BCUT2D eigenvalue weighted by Crippen LogP contribution is 2.34. The third kappa shape index (κ3) is 5.31. The van der Waals surface area contributed by atoms with Crippen LogP contribution < -0.4 is 20.3 Å². The van der Waals surface area contributed by atoms with Crippen molar-refractivity contribution in [2.75, 3.05) is 19.5 Å². The number of carbonyl (C=O) groups is 1. The van der Waals surface area contributed by atoms with Gasteiger partial charge in [-0.1, -0.05) is 30.3 Å². The Bertz CT molecular complexity index is 1570. The number of amides is 1. The topological polar surface area (TPSA) is 127 Å². The molecule has 0 aliphatic heterocycles. The lowest BCUT2D eigenvalue weighted by molar-refractivity contribution is 0.0707. The van der Waals surface area contributed by atoms with Crippen LogP contribution in [-0.2, 0) is 16.4 Å². The molecule has 0 aliphatic rings. The smallest absolute Gasteiger partial charge is 0.276 e. The Morgan fingerprint density at radius 1 is 0.974 bits per heavy atom. The van der Waals surface area contributed by atoms with Crippen molar-refractivity contribution < 1.29 is 27.9 Å². The van der Waals surface area contributed by atoms with E-state index in [1.807, 2.05) is 6.07 Å². The predicted octanol–water partition coefficient (Wildman–Crippen LogP) is 4.64. The summed E-state index contributed by atoms with van der Waals surface area (Å²) in [6, 6.07) is 20.3. The summed E-state index contributed by atoms with van der Waals surface area (Å²) >= 11 is 0. The molecular formula is C28H27N3O6S. The Morgan fingerprint density at radius 2 is 1.74 bits per heavy atom. The number of sulfone groups is 1.